The summed E-state index contributed by atoms with van der Waals surface area (Å²) in [7, 11) is 0. The lowest BCUT2D eigenvalue weighted by Crippen LogP contribution is -2.35. The summed E-state index contributed by atoms with van der Waals surface area (Å²) in [4.78, 5) is 27.0. The minimum atomic E-state index is -0.304. The van der Waals surface area contributed by atoms with E-state index < -0.39 is 0 Å². The quantitative estimate of drug-likeness (QED) is 0.617. The van der Waals surface area contributed by atoms with E-state index in [1.165, 1.54) is 4.90 Å². The molecule has 0 N–H and O–H groups in total. The highest BCUT2D eigenvalue weighted by Crippen LogP contribution is 2.53. The fourth-order valence-electron chi connectivity index (χ4n) is 4.52. The van der Waals surface area contributed by atoms with Crippen molar-refractivity contribution in [2.24, 2.45) is 23.7 Å². The van der Waals surface area contributed by atoms with Crippen molar-refractivity contribution in [3.63, 3.8) is 0 Å². The Labute approximate surface area is 123 Å². The van der Waals surface area contributed by atoms with Gasteiger partial charge in [-0.1, -0.05) is 17.3 Å². The Morgan fingerprint density at radius 3 is 2.24 bits per heavy atom. The normalized spacial score (nSPS) is 34.9. The number of amides is 2. The first kappa shape index (κ1) is 12.8. The maximum atomic E-state index is 12.8. The van der Waals surface area contributed by atoms with E-state index in [0.717, 1.165) is 17.7 Å². The van der Waals surface area contributed by atoms with Crippen LogP contribution in [0.3, 0.4) is 0 Å². The number of fused-ring (bicyclic) bond motifs is 5. The van der Waals surface area contributed by atoms with Crippen LogP contribution in [-0.4, -0.2) is 21.9 Å². The minimum Gasteiger partial charge on any atom is -0.361 e. The topological polar surface area (TPSA) is 63.4 Å². The fourth-order valence-corrected chi connectivity index (χ4v) is 4.52. The summed E-state index contributed by atoms with van der Waals surface area (Å²) in [5, 5.41) is 3.94. The van der Waals surface area contributed by atoms with Crippen molar-refractivity contribution in [3.8, 4) is 0 Å². The molecule has 5 nitrogen and oxygen atoms in total. The molecule has 2 amide bonds. The second kappa shape index (κ2) is 4.06. The second-order valence-electron chi connectivity index (χ2n) is 6.46. The van der Waals surface area contributed by atoms with Gasteiger partial charge in [0.2, 0.25) is 11.8 Å². The van der Waals surface area contributed by atoms with Gasteiger partial charge in [-0.2, -0.15) is 0 Å². The van der Waals surface area contributed by atoms with Crippen LogP contribution in [0, 0.1) is 37.5 Å². The molecule has 2 heterocycles. The predicted molar refractivity (Wildman–Crippen MR) is 74.0 cm³/mol. The van der Waals surface area contributed by atoms with E-state index in [4.69, 9.17) is 4.52 Å². The van der Waals surface area contributed by atoms with Gasteiger partial charge in [-0.25, -0.2) is 0 Å². The molecule has 2 bridgehead atoms. The van der Waals surface area contributed by atoms with Crippen LogP contribution < -0.4 is 0 Å². The second-order valence-corrected chi connectivity index (χ2v) is 6.46. The number of carbonyl (C=O) groups excluding carboxylic acids is 2. The van der Waals surface area contributed by atoms with Gasteiger partial charge in [0.1, 0.15) is 5.76 Å². The van der Waals surface area contributed by atoms with Crippen LogP contribution in [0.1, 0.15) is 36.4 Å². The summed E-state index contributed by atoms with van der Waals surface area (Å²) in [5.41, 5.74) is 1.61. The summed E-state index contributed by atoms with van der Waals surface area (Å²) in [6.45, 7) is 5.56. The Kier molecular flexibility index (Phi) is 2.47. The highest BCUT2D eigenvalue weighted by molar-refractivity contribution is 6.06. The van der Waals surface area contributed by atoms with Crippen LogP contribution in [0.4, 0.5) is 0 Å². The van der Waals surface area contributed by atoms with Gasteiger partial charge < -0.3 is 4.52 Å². The van der Waals surface area contributed by atoms with E-state index in [-0.39, 0.29) is 41.5 Å². The number of nitrogens with zero attached hydrogens (tertiary/aromatic N) is 2. The molecule has 5 atom stereocenters. The Bertz CT molecular complexity index is 626. The van der Waals surface area contributed by atoms with Crippen LogP contribution >= 0.6 is 0 Å². The number of imide groups is 1. The molecule has 0 aromatic carbocycles. The molecule has 21 heavy (non-hydrogen) atoms. The van der Waals surface area contributed by atoms with Crippen molar-refractivity contribution in [2.45, 2.75) is 33.2 Å². The number of allylic oxidation sites excluding steroid dienone is 2. The fraction of sp³-hybridized carbons (Fsp3) is 0.562. The van der Waals surface area contributed by atoms with Gasteiger partial charge in [-0.3, -0.25) is 14.5 Å². The standard InChI is InChI=1S/C16H18N2O3/c1-7-12(9(3)21-17-7)8(2)18-15(19)13-10-4-5-11(6-10)14(13)16(18)20/h4-5,8,10-11,13-14H,6H2,1-3H3/t8-,10-,11-,13-,14+/m0/s1. The van der Waals surface area contributed by atoms with E-state index in [9.17, 15) is 9.59 Å². The summed E-state index contributed by atoms with van der Waals surface area (Å²) in [6, 6.07) is -0.304. The van der Waals surface area contributed by atoms with E-state index >= 15 is 0 Å². The van der Waals surface area contributed by atoms with Crippen molar-refractivity contribution in [2.75, 3.05) is 0 Å². The minimum absolute atomic E-state index is 0.0191. The monoisotopic (exact) mass is 286 g/mol. The highest BCUT2D eigenvalue weighted by Gasteiger charge is 2.60. The van der Waals surface area contributed by atoms with Gasteiger partial charge >= 0.3 is 0 Å². The van der Waals surface area contributed by atoms with E-state index in [0.29, 0.717) is 5.76 Å². The summed E-state index contributed by atoms with van der Waals surface area (Å²) >= 11 is 0. The van der Waals surface area contributed by atoms with E-state index in [1.54, 1.807) is 0 Å². The molecule has 0 spiro atoms. The molecule has 2 aliphatic carbocycles. The number of likely N-dealkylation sites (tertiary alicyclic amines) is 1. The molecule has 4 rings (SSSR count). The average molecular weight is 286 g/mol. The maximum Gasteiger partial charge on any atom is 0.234 e. The zero-order valence-corrected chi connectivity index (χ0v) is 12.4. The molecule has 2 fully saturated rings. The Morgan fingerprint density at radius 1 is 1.19 bits per heavy atom. The first-order chi connectivity index (χ1) is 10.0. The average Bonchev–Trinajstić information content (AvgIpc) is 3.16. The first-order valence-corrected chi connectivity index (χ1v) is 7.48. The van der Waals surface area contributed by atoms with Gasteiger partial charge in [0, 0.05) is 5.56 Å². The van der Waals surface area contributed by atoms with E-state index in [1.807, 2.05) is 20.8 Å². The molecular weight excluding hydrogens is 268 g/mol. The lowest BCUT2D eigenvalue weighted by atomic mass is 9.85. The van der Waals surface area contributed by atoms with Crippen LogP contribution in [0.15, 0.2) is 16.7 Å². The zero-order chi connectivity index (χ0) is 14.9. The Hall–Kier alpha value is -1.91. The number of hydrogen-bond acceptors (Lipinski definition) is 4. The largest absolute Gasteiger partial charge is 0.361 e. The molecule has 0 unspecified atom stereocenters. The zero-order valence-electron chi connectivity index (χ0n) is 12.4. The predicted octanol–water partition coefficient (Wildman–Crippen LogP) is 2.16. The number of aryl methyl sites for hydroxylation is 2. The third-order valence-electron chi connectivity index (χ3n) is 5.40. The van der Waals surface area contributed by atoms with Gasteiger partial charge in [-0.15, -0.1) is 0 Å². The molecule has 1 saturated heterocycles. The third-order valence-corrected chi connectivity index (χ3v) is 5.40. The SMILES string of the molecule is Cc1noc(C)c1[C@H](C)N1C(=O)[C@@H]2[C@H](C1=O)[C@H]1C=C[C@H]2C1. The van der Waals surface area contributed by atoms with Crippen molar-refractivity contribution in [3.05, 3.63) is 29.2 Å². The molecule has 110 valence electrons. The molecule has 1 aliphatic heterocycles. The summed E-state index contributed by atoms with van der Waals surface area (Å²) in [6.07, 6.45) is 5.18. The van der Waals surface area contributed by atoms with Crippen molar-refractivity contribution in [1.82, 2.24) is 10.1 Å². The number of hydrogen-bond donors (Lipinski definition) is 0. The van der Waals surface area contributed by atoms with Gasteiger partial charge in [-0.05, 0) is 39.0 Å². The molecule has 5 heteroatoms. The lowest BCUT2D eigenvalue weighted by Gasteiger charge is -2.24. The molecule has 0 radical (unpaired) electrons. The van der Waals surface area contributed by atoms with Crippen LogP contribution in [0.25, 0.3) is 0 Å². The first-order valence-electron chi connectivity index (χ1n) is 7.48. The van der Waals surface area contributed by atoms with Crippen molar-refractivity contribution in [1.29, 1.82) is 0 Å². The highest BCUT2D eigenvalue weighted by atomic mass is 16.5. The number of rotatable bonds is 2. The molecule has 1 saturated carbocycles. The van der Waals surface area contributed by atoms with E-state index in [2.05, 4.69) is 17.3 Å². The molecular formula is C16H18N2O3. The Balaban J connectivity index is 1.71. The van der Waals surface area contributed by atoms with Crippen LogP contribution in [0.2, 0.25) is 0 Å². The van der Waals surface area contributed by atoms with Crippen LogP contribution in [-0.2, 0) is 9.59 Å². The maximum absolute atomic E-state index is 12.8. The smallest absolute Gasteiger partial charge is 0.234 e. The third kappa shape index (κ3) is 1.49. The van der Waals surface area contributed by atoms with Crippen molar-refractivity contribution >= 4 is 11.8 Å². The molecule has 1 aromatic rings. The number of carbonyl (C=O) groups is 2. The number of aromatic nitrogens is 1. The summed E-state index contributed by atoms with van der Waals surface area (Å²) in [5.74, 6) is 0.852. The molecule has 3 aliphatic rings. The summed E-state index contributed by atoms with van der Waals surface area (Å²) < 4.78 is 5.18. The van der Waals surface area contributed by atoms with Crippen molar-refractivity contribution < 1.29 is 14.1 Å². The lowest BCUT2D eigenvalue weighted by molar-refractivity contribution is -0.143. The Morgan fingerprint density at radius 2 is 1.76 bits per heavy atom. The van der Waals surface area contributed by atoms with Gasteiger partial charge in [0.05, 0.1) is 23.6 Å². The molecule has 1 aromatic heterocycles. The van der Waals surface area contributed by atoms with Gasteiger partial charge in [0.25, 0.3) is 0 Å². The van der Waals surface area contributed by atoms with Crippen LogP contribution in [0.5, 0.6) is 0 Å². The van der Waals surface area contributed by atoms with Gasteiger partial charge in [0.15, 0.2) is 0 Å².